The maximum absolute atomic E-state index is 13.2. The van der Waals surface area contributed by atoms with Gasteiger partial charge in [0.1, 0.15) is 0 Å². The van der Waals surface area contributed by atoms with E-state index in [9.17, 15) is 4.79 Å². The predicted molar refractivity (Wildman–Crippen MR) is 130 cm³/mol. The van der Waals surface area contributed by atoms with Gasteiger partial charge in [0.15, 0.2) is 19.8 Å². The van der Waals surface area contributed by atoms with Crippen molar-refractivity contribution in [2.45, 2.75) is 71.7 Å². The maximum Gasteiger partial charge on any atom is 0.226 e. The van der Waals surface area contributed by atoms with Crippen LogP contribution in [0.5, 0.6) is 11.5 Å². The predicted octanol–water partition coefficient (Wildman–Crippen LogP) is 5.44. The number of methoxy groups -OCH3 is 2. The van der Waals surface area contributed by atoms with E-state index in [0.717, 1.165) is 24.0 Å². The van der Waals surface area contributed by atoms with Crippen LogP contribution < -0.4 is 14.8 Å². The molecule has 1 N–H and O–H groups in total. The van der Waals surface area contributed by atoms with Gasteiger partial charge in [0, 0.05) is 6.54 Å². The highest BCUT2D eigenvalue weighted by atomic mass is 28.4. The van der Waals surface area contributed by atoms with Crippen molar-refractivity contribution < 1.29 is 18.7 Å². The quantitative estimate of drug-likeness (QED) is 0.590. The standard InChI is InChI=1S/C25H41NO4Si/c1-17(2)14-20-21(30-31(8,9)25(3,4)5)11-10-18-15-22(28-6)23(29-7)16-19(18)12-13-26-24(20)27/h10-11,15-17,20-21H,12-14H2,1-9H3,(H,26,27)/t20-,21+/m0/s1. The number of carbonyl (C=O) groups is 1. The zero-order chi connectivity index (χ0) is 23.4. The Morgan fingerprint density at radius 3 is 2.29 bits per heavy atom. The monoisotopic (exact) mass is 447 g/mol. The average Bonchev–Trinajstić information content (AvgIpc) is 2.67. The molecule has 0 aromatic heterocycles. The van der Waals surface area contributed by atoms with E-state index < -0.39 is 8.32 Å². The van der Waals surface area contributed by atoms with Crippen LogP contribution in [0.15, 0.2) is 18.2 Å². The zero-order valence-corrected chi connectivity index (χ0v) is 21.8. The Balaban J connectivity index is 2.55. The lowest BCUT2D eigenvalue weighted by Gasteiger charge is -2.40. The Morgan fingerprint density at radius 2 is 1.74 bits per heavy atom. The van der Waals surface area contributed by atoms with Gasteiger partial charge in [-0.05, 0) is 60.2 Å². The van der Waals surface area contributed by atoms with E-state index in [-0.39, 0.29) is 23.0 Å². The van der Waals surface area contributed by atoms with E-state index in [0.29, 0.717) is 24.0 Å². The van der Waals surface area contributed by atoms with E-state index >= 15 is 0 Å². The first-order valence-electron chi connectivity index (χ1n) is 11.3. The summed E-state index contributed by atoms with van der Waals surface area (Å²) in [4.78, 5) is 13.2. The summed E-state index contributed by atoms with van der Waals surface area (Å²) >= 11 is 0. The van der Waals surface area contributed by atoms with Gasteiger partial charge in [-0.25, -0.2) is 0 Å². The summed E-state index contributed by atoms with van der Waals surface area (Å²) in [5, 5.41) is 3.22. The number of fused-ring (bicyclic) bond motifs is 1. The average molecular weight is 448 g/mol. The van der Waals surface area contributed by atoms with Gasteiger partial charge in [-0.1, -0.05) is 46.8 Å². The first-order valence-corrected chi connectivity index (χ1v) is 14.2. The molecule has 2 atom stereocenters. The van der Waals surface area contributed by atoms with E-state index in [1.54, 1.807) is 14.2 Å². The fourth-order valence-corrected chi connectivity index (χ4v) is 4.91. The van der Waals surface area contributed by atoms with Crippen LogP contribution in [0, 0.1) is 11.8 Å². The zero-order valence-electron chi connectivity index (χ0n) is 20.8. The fraction of sp³-hybridized carbons (Fsp3) is 0.640. The Hall–Kier alpha value is -1.79. The largest absolute Gasteiger partial charge is 0.493 e. The van der Waals surface area contributed by atoms with Crippen LogP contribution in [-0.4, -0.2) is 41.1 Å². The summed E-state index contributed by atoms with van der Waals surface area (Å²) in [7, 11) is 1.21. The molecule has 6 heteroatoms. The van der Waals surface area contributed by atoms with Crippen LogP contribution in [0.4, 0.5) is 0 Å². The smallest absolute Gasteiger partial charge is 0.226 e. The molecule has 1 aromatic carbocycles. The fourth-order valence-electron chi connectivity index (χ4n) is 3.63. The molecule has 0 saturated carbocycles. The molecule has 5 nitrogen and oxygen atoms in total. The van der Waals surface area contributed by atoms with Crippen LogP contribution in [0.2, 0.25) is 18.1 Å². The summed E-state index contributed by atoms with van der Waals surface area (Å²) < 4.78 is 17.8. The first-order chi connectivity index (χ1) is 14.4. The Labute approximate surface area is 189 Å². The molecule has 1 heterocycles. The molecule has 2 rings (SSSR count). The Bertz CT molecular complexity index is 795. The van der Waals surface area contributed by atoms with Crippen LogP contribution in [0.1, 0.15) is 52.2 Å². The van der Waals surface area contributed by atoms with Gasteiger partial charge in [-0.15, -0.1) is 0 Å². The maximum atomic E-state index is 13.2. The lowest BCUT2D eigenvalue weighted by Crippen LogP contribution is -2.48. The number of hydrogen-bond acceptors (Lipinski definition) is 4. The van der Waals surface area contributed by atoms with Gasteiger partial charge >= 0.3 is 0 Å². The van der Waals surface area contributed by atoms with Crippen LogP contribution in [-0.2, 0) is 15.6 Å². The molecule has 1 amide bonds. The number of carbonyl (C=O) groups excluding carboxylic acids is 1. The molecule has 0 unspecified atom stereocenters. The van der Waals surface area contributed by atoms with Crippen molar-refractivity contribution >= 4 is 20.3 Å². The van der Waals surface area contributed by atoms with Gasteiger partial charge in [-0.2, -0.15) is 0 Å². The third-order valence-corrected chi connectivity index (χ3v) is 11.0. The highest BCUT2D eigenvalue weighted by Gasteiger charge is 2.41. The summed E-state index contributed by atoms with van der Waals surface area (Å²) in [6, 6.07) is 4.01. The van der Waals surface area contributed by atoms with Gasteiger partial charge in [0.25, 0.3) is 0 Å². The summed E-state index contributed by atoms with van der Waals surface area (Å²) in [6.45, 7) is 16.1. The minimum absolute atomic E-state index is 0.0590. The lowest BCUT2D eigenvalue weighted by atomic mass is 9.89. The topological polar surface area (TPSA) is 56.8 Å². The number of hydrogen-bond donors (Lipinski definition) is 1. The molecule has 1 aliphatic heterocycles. The molecule has 0 radical (unpaired) electrons. The normalized spacial score (nSPS) is 20.3. The van der Waals surface area contributed by atoms with Gasteiger partial charge in [-0.3, -0.25) is 4.79 Å². The van der Waals surface area contributed by atoms with Crippen LogP contribution >= 0.6 is 0 Å². The van der Waals surface area contributed by atoms with Crippen molar-refractivity contribution in [2.24, 2.45) is 11.8 Å². The summed E-state index contributed by atoms with van der Waals surface area (Å²) in [6.07, 6.45) is 5.43. The molecule has 174 valence electrons. The third kappa shape index (κ3) is 6.36. The molecule has 0 fully saturated rings. The van der Waals surface area contributed by atoms with Gasteiger partial charge < -0.3 is 19.2 Å². The molecule has 0 spiro atoms. The van der Waals surface area contributed by atoms with E-state index in [1.165, 1.54) is 0 Å². The second kappa shape index (κ2) is 10.2. The van der Waals surface area contributed by atoms with E-state index in [2.05, 4.69) is 65.2 Å². The molecular weight excluding hydrogens is 406 g/mol. The molecule has 0 bridgehead atoms. The molecular formula is C25H41NO4Si. The number of ether oxygens (including phenoxy) is 2. The highest BCUT2D eigenvalue weighted by Crippen LogP contribution is 2.39. The highest BCUT2D eigenvalue weighted by molar-refractivity contribution is 6.74. The van der Waals surface area contributed by atoms with Crippen molar-refractivity contribution in [1.29, 1.82) is 0 Å². The number of rotatable bonds is 6. The Morgan fingerprint density at radius 1 is 1.13 bits per heavy atom. The number of amides is 1. The van der Waals surface area contributed by atoms with E-state index in [1.807, 2.05) is 12.1 Å². The van der Waals surface area contributed by atoms with E-state index in [4.69, 9.17) is 13.9 Å². The third-order valence-electron chi connectivity index (χ3n) is 6.50. The molecule has 31 heavy (non-hydrogen) atoms. The molecule has 1 aromatic rings. The van der Waals surface area contributed by atoms with Crippen molar-refractivity contribution in [1.82, 2.24) is 5.32 Å². The lowest BCUT2D eigenvalue weighted by molar-refractivity contribution is -0.127. The minimum Gasteiger partial charge on any atom is -0.493 e. The molecule has 0 saturated heterocycles. The SMILES string of the molecule is COc1cc2c(cc1OC)CCNC(=O)[C@@H](CC(C)C)[C@H](O[Si](C)(C)C(C)(C)C)C=C2. The second-order valence-electron chi connectivity index (χ2n) is 10.4. The number of benzene rings is 1. The minimum atomic E-state index is -2.08. The van der Waals surface area contributed by atoms with Crippen molar-refractivity contribution in [3.63, 3.8) is 0 Å². The van der Waals surface area contributed by atoms with Gasteiger partial charge in [0.2, 0.25) is 5.91 Å². The van der Waals surface area contributed by atoms with Crippen molar-refractivity contribution in [3.05, 3.63) is 29.3 Å². The summed E-state index contributed by atoms with van der Waals surface area (Å²) in [5.74, 6) is 1.66. The van der Waals surface area contributed by atoms with Crippen LogP contribution in [0.3, 0.4) is 0 Å². The number of nitrogens with one attached hydrogen (secondary N) is 1. The Kier molecular flexibility index (Phi) is 8.39. The van der Waals surface area contributed by atoms with Crippen LogP contribution in [0.25, 0.3) is 6.08 Å². The van der Waals surface area contributed by atoms with Gasteiger partial charge in [0.05, 0.1) is 26.2 Å². The van der Waals surface area contributed by atoms with Crippen molar-refractivity contribution in [3.8, 4) is 11.5 Å². The first kappa shape index (κ1) is 25.5. The second-order valence-corrected chi connectivity index (χ2v) is 15.1. The summed E-state index contributed by atoms with van der Waals surface area (Å²) in [5.41, 5.74) is 2.18. The van der Waals surface area contributed by atoms with Crippen molar-refractivity contribution in [2.75, 3.05) is 20.8 Å². The molecule has 1 aliphatic rings. The molecule has 0 aliphatic carbocycles.